The van der Waals surface area contributed by atoms with Crippen molar-refractivity contribution in [2.24, 2.45) is 5.84 Å². The van der Waals surface area contributed by atoms with Gasteiger partial charge in [0, 0.05) is 23.2 Å². The normalized spacial score (nSPS) is 11.1. The minimum absolute atomic E-state index is 0.0787. The highest BCUT2D eigenvalue weighted by Gasteiger charge is 2.22. The Kier molecular flexibility index (Phi) is 4.06. The van der Waals surface area contributed by atoms with Gasteiger partial charge in [-0.2, -0.15) is 0 Å². The lowest BCUT2D eigenvalue weighted by atomic mass is 10.3. The molecule has 2 aromatic rings. The first-order chi connectivity index (χ1) is 9.83. The van der Waals surface area contributed by atoms with E-state index in [1.807, 2.05) is 0 Å². The highest BCUT2D eigenvalue weighted by molar-refractivity contribution is 7.93. The maximum Gasteiger partial charge on any atom is 0.271 e. The lowest BCUT2D eigenvalue weighted by Crippen LogP contribution is -2.17. The number of nitrogen functional groups attached to an aromatic ring is 1. The highest BCUT2D eigenvalue weighted by atomic mass is 32.2. The predicted molar refractivity (Wildman–Crippen MR) is 78.6 cm³/mol. The number of rotatable bonds is 5. The van der Waals surface area contributed by atoms with Crippen molar-refractivity contribution in [3.05, 3.63) is 39.4 Å². The third kappa shape index (κ3) is 3.26. The number of nitrogens with one attached hydrogen (secondary N) is 2. The predicted octanol–water partition coefficient (Wildman–Crippen LogP) is 1.45. The lowest BCUT2D eigenvalue weighted by molar-refractivity contribution is -0.384. The average molecular weight is 329 g/mol. The van der Waals surface area contributed by atoms with Gasteiger partial charge >= 0.3 is 0 Å². The molecule has 0 saturated heterocycles. The quantitative estimate of drug-likeness (QED) is 0.428. The number of nitrogens with zero attached hydrogens (tertiary/aromatic N) is 2. The van der Waals surface area contributed by atoms with Crippen LogP contribution in [0.25, 0.3) is 0 Å². The average Bonchev–Trinajstić information content (AvgIpc) is 2.82. The van der Waals surface area contributed by atoms with E-state index in [1.165, 1.54) is 17.5 Å². The van der Waals surface area contributed by atoms with Gasteiger partial charge in [0.15, 0.2) is 5.13 Å². The van der Waals surface area contributed by atoms with Crippen molar-refractivity contribution in [3.63, 3.8) is 0 Å². The molecule has 0 atom stereocenters. The molecule has 0 amide bonds. The van der Waals surface area contributed by atoms with Gasteiger partial charge < -0.3 is 5.43 Å². The Hall–Kier alpha value is -2.24. The number of aromatic nitrogens is 1. The first kappa shape index (κ1) is 15.2. The van der Waals surface area contributed by atoms with E-state index < -0.39 is 14.9 Å². The van der Waals surface area contributed by atoms with Crippen LogP contribution in [-0.2, 0) is 10.0 Å². The topological polar surface area (TPSA) is 140 Å². The SMILES string of the molecule is Cc1cnc(NS(=O)(=O)c2ccc([N+](=O)[O-])cc2NN)s1. The molecule has 21 heavy (non-hydrogen) atoms. The zero-order valence-corrected chi connectivity index (χ0v) is 12.4. The molecule has 0 saturated carbocycles. The summed E-state index contributed by atoms with van der Waals surface area (Å²) in [6.07, 6.45) is 1.53. The minimum Gasteiger partial charge on any atom is -0.323 e. The number of nitro groups is 1. The Labute approximate surface area is 124 Å². The van der Waals surface area contributed by atoms with Gasteiger partial charge in [0.05, 0.1) is 10.6 Å². The Balaban J connectivity index is 2.42. The fraction of sp³-hybridized carbons (Fsp3) is 0.100. The molecule has 0 radical (unpaired) electrons. The lowest BCUT2D eigenvalue weighted by Gasteiger charge is -2.10. The Morgan fingerprint density at radius 1 is 1.43 bits per heavy atom. The van der Waals surface area contributed by atoms with Crippen molar-refractivity contribution in [2.75, 3.05) is 10.1 Å². The molecule has 1 aromatic carbocycles. The van der Waals surface area contributed by atoms with E-state index in [4.69, 9.17) is 5.84 Å². The van der Waals surface area contributed by atoms with Crippen LogP contribution in [0, 0.1) is 17.0 Å². The van der Waals surface area contributed by atoms with Gasteiger partial charge in [-0.3, -0.25) is 20.7 Å². The van der Waals surface area contributed by atoms with E-state index >= 15 is 0 Å². The number of anilines is 2. The fourth-order valence-corrected chi connectivity index (χ4v) is 3.61. The summed E-state index contributed by atoms with van der Waals surface area (Å²) in [5.41, 5.74) is 1.80. The van der Waals surface area contributed by atoms with Crippen LogP contribution in [-0.4, -0.2) is 18.3 Å². The maximum atomic E-state index is 12.3. The molecule has 0 aliphatic rings. The van der Waals surface area contributed by atoms with Crippen LogP contribution in [0.15, 0.2) is 29.3 Å². The van der Waals surface area contributed by atoms with E-state index in [9.17, 15) is 18.5 Å². The molecule has 2 rings (SSSR count). The molecule has 1 heterocycles. The minimum atomic E-state index is -3.95. The largest absolute Gasteiger partial charge is 0.323 e. The summed E-state index contributed by atoms with van der Waals surface area (Å²) in [4.78, 5) is 14.6. The zero-order valence-electron chi connectivity index (χ0n) is 10.7. The van der Waals surface area contributed by atoms with Crippen LogP contribution in [0.4, 0.5) is 16.5 Å². The Morgan fingerprint density at radius 2 is 2.14 bits per heavy atom. The molecule has 1 aromatic heterocycles. The Bertz CT molecular complexity index is 786. The van der Waals surface area contributed by atoms with Gasteiger partial charge in [0.25, 0.3) is 15.7 Å². The van der Waals surface area contributed by atoms with Crippen molar-refractivity contribution >= 4 is 37.9 Å². The number of nitro benzene ring substituents is 1. The van der Waals surface area contributed by atoms with Crippen molar-refractivity contribution in [1.82, 2.24) is 4.98 Å². The molecule has 11 heteroatoms. The van der Waals surface area contributed by atoms with Crippen molar-refractivity contribution in [2.45, 2.75) is 11.8 Å². The maximum absolute atomic E-state index is 12.3. The van der Waals surface area contributed by atoms with Crippen LogP contribution in [0.3, 0.4) is 0 Å². The molecular weight excluding hydrogens is 318 g/mol. The summed E-state index contributed by atoms with van der Waals surface area (Å²) in [5.74, 6) is 5.24. The van der Waals surface area contributed by atoms with Gasteiger partial charge in [0.1, 0.15) is 4.90 Å². The third-order valence-corrected chi connectivity index (χ3v) is 4.82. The monoisotopic (exact) mass is 329 g/mol. The summed E-state index contributed by atoms with van der Waals surface area (Å²) in [6, 6.07) is 3.24. The smallest absolute Gasteiger partial charge is 0.271 e. The number of nitrogens with two attached hydrogens (primary N) is 1. The summed E-state index contributed by atoms with van der Waals surface area (Å²) in [7, 11) is -3.95. The van der Waals surface area contributed by atoms with Gasteiger partial charge in [0.2, 0.25) is 0 Å². The van der Waals surface area contributed by atoms with Crippen LogP contribution < -0.4 is 16.0 Å². The number of benzene rings is 1. The van der Waals surface area contributed by atoms with Crippen LogP contribution >= 0.6 is 11.3 Å². The van der Waals surface area contributed by atoms with Crippen LogP contribution in [0.5, 0.6) is 0 Å². The van der Waals surface area contributed by atoms with E-state index in [2.05, 4.69) is 15.1 Å². The number of non-ortho nitro benzene ring substituents is 1. The number of sulfonamides is 1. The van der Waals surface area contributed by atoms with Crippen LogP contribution in [0.1, 0.15) is 4.88 Å². The van der Waals surface area contributed by atoms with Gasteiger partial charge in [-0.25, -0.2) is 13.4 Å². The summed E-state index contributed by atoms with van der Waals surface area (Å²) in [5, 5.41) is 10.9. The van der Waals surface area contributed by atoms with Crippen molar-refractivity contribution in [1.29, 1.82) is 0 Å². The van der Waals surface area contributed by atoms with E-state index in [0.717, 1.165) is 23.1 Å². The van der Waals surface area contributed by atoms with Crippen molar-refractivity contribution in [3.8, 4) is 0 Å². The molecule has 0 unspecified atom stereocenters. The van der Waals surface area contributed by atoms with E-state index in [1.54, 1.807) is 6.92 Å². The first-order valence-corrected chi connectivity index (χ1v) is 7.84. The van der Waals surface area contributed by atoms with Gasteiger partial charge in [-0.05, 0) is 13.0 Å². The molecule has 0 aliphatic carbocycles. The fourth-order valence-electron chi connectivity index (χ4n) is 1.55. The van der Waals surface area contributed by atoms with Gasteiger partial charge in [-0.15, -0.1) is 11.3 Å². The molecule has 112 valence electrons. The molecule has 0 spiro atoms. The first-order valence-electron chi connectivity index (χ1n) is 5.54. The second kappa shape index (κ2) is 5.63. The molecule has 4 N–H and O–H groups in total. The molecule has 9 nitrogen and oxygen atoms in total. The number of thiazole rings is 1. The van der Waals surface area contributed by atoms with Gasteiger partial charge in [-0.1, -0.05) is 0 Å². The van der Waals surface area contributed by atoms with Crippen molar-refractivity contribution < 1.29 is 13.3 Å². The molecule has 0 aliphatic heterocycles. The summed E-state index contributed by atoms with van der Waals surface area (Å²) >= 11 is 1.17. The van der Waals surface area contributed by atoms with E-state index in [-0.39, 0.29) is 21.4 Å². The second-order valence-electron chi connectivity index (χ2n) is 3.96. The number of hydrazine groups is 1. The molecule has 0 fully saturated rings. The molecule has 0 bridgehead atoms. The second-order valence-corrected chi connectivity index (χ2v) is 6.85. The zero-order chi connectivity index (χ0) is 15.6. The Morgan fingerprint density at radius 3 is 2.67 bits per heavy atom. The summed E-state index contributed by atoms with van der Waals surface area (Å²) in [6.45, 7) is 1.79. The number of hydrogen-bond acceptors (Lipinski definition) is 8. The highest BCUT2D eigenvalue weighted by Crippen LogP contribution is 2.28. The standard InChI is InChI=1S/C10H11N5O4S2/c1-6-5-12-10(20-6)14-21(18,19)9-3-2-7(15(16)17)4-8(9)13-11/h2-5,13H,11H2,1H3,(H,12,14). The van der Waals surface area contributed by atoms with Crippen LogP contribution in [0.2, 0.25) is 0 Å². The summed E-state index contributed by atoms with van der Waals surface area (Å²) < 4.78 is 26.8. The number of aryl methyl sites for hydroxylation is 1. The van der Waals surface area contributed by atoms with E-state index in [0.29, 0.717) is 0 Å². The third-order valence-electron chi connectivity index (χ3n) is 2.46. The number of hydrogen-bond donors (Lipinski definition) is 3. The molecular formula is C10H11N5O4S2.